The molecule has 1 heterocycles. The summed E-state index contributed by atoms with van der Waals surface area (Å²) in [5.74, 6) is 0.281. The van der Waals surface area contributed by atoms with Crippen LogP contribution in [0.3, 0.4) is 0 Å². The fraction of sp³-hybridized carbons (Fsp3) is 0. The Morgan fingerprint density at radius 3 is 1.97 bits per heavy atom. The molecule has 0 unspecified atom stereocenters. The highest BCUT2D eigenvalue weighted by Crippen LogP contribution is 2.42. The molecule has 0 spiro atoms. The Kier molecular flexibility index (Phi) is 2.91. The molecule has 2 heteroatoms. The second-order valence-electron chi connectivity index (χ2n) is 7.93. The third kappa shape index (κ3) is 1.98. The van der Waals surface area contributed by atoms with E-state index in [9.17, 15) is 5.11 Å². The van der Waals surface area contributed by atoms with E-state index in [1.807, 2.05) is 12.1 Å². The van der Waals surface area contributed by atoms with Gasteiger partial charge in [-0.25, -0.2) is 0 Å². The van der Waals surface area contributed by atoms with Crippen LogP contribution in [0.25, 0.3) is 65.0 Å². The van der Waals surface area contributed by atoms with Gasteiger partial charge in [-0.2, -0.15) is 0 Å². The van der Waals surface area contributed by atoms with E-state index in [-0.39, 0.29) is 5.75 Å². The molecule has 0 aliphatic rings. The van der Waals surface area contributed by atoms with Gasteiger partial charge in [-0.3, -0.25) is 0 Å². The molecule has 0 bridgehead atoms. The Balaban J connectivity index is 1.78. The summed E-state index contributed by atoms with van der Waals surface area (Å²) in [6, 6.07) is 31.1. The van der Waals surface area contributed by atoms with E-state index in [1.165, 1.54) is 26.9 Å². The van der Waals surface area contributed by atoms with Crippen molar-refractivity contribution < 1.29 is 9.52 Å². The molecule has 7 rings (SSSR count). The Morgan fingerprint density at radius 2 is 1.13 bits per heavy atom. The average molecular weight is 384 g/mol. The van der Waals surface area contributed by atoms with Gasteiger partial charge in [-0.05, 0) is 73.4 Å². The van der Waals surface area contributed by atoms with Gasteiger partial charge in [-0.1, -0.05) is 60.7 Å². The number of benzene rings is 6. The van der Waals surface area contributed by atoms with E-state index in [0.29, 0.717) is 0 Å². The van der Waals surface area contributed by atoms with E-state index < -0.39 is 0 Å². The first-order chi connectivity index (χ1) is 14.8. The number of fused-ring (bicyclic) bond motifs is 11. The van der Waals surface area contributed by atoms with Crippen molar-refractivity contribution in [2.75, 3.05) is 0 Å². The van der Waals surface area contributed by atoms with Crippen molar-refractivity contribution in [1.29, 1.82) is 0 Å². The van der Waals surface area contributed by atoms with E-state index >= 15 is 0 Å². The number of phenolic OH excluding ortho intramolecular Hbond substituents is 1. The standard InChI is InChI=1S/C28H16O2/c29-17-10-11-21-22(13-17)19-7-3-4-8-20(19)23-14-25-27(15-24(21)23)30-26-12-9-16-5-1-2-6-18(16)28(25)26/h1-15,29H. The number of aromatic hydroxyl groups is 1. The Bertz CT molecular complexity index is 1810. The fourth-order valence-electron chi connectivity index (χ4n) is 4.98. The highest BCUT2D eigenvalue weighted by molar-refractivity contribution is 6.29. The molecule has 1 aromatic heterocycles. The lowest BCUT2D eigenvalue weighted by atomic mass is 9.93. The summed E-state index contributed by atoms with van der Waals surface area (Å²) in [5, 5.41) is 21.7. The highest BCUT2D eigenvalue weighted by Gasteiger charge is 2.15. The molecule has 7 aromatic rings. The highest BCUT2D eigenvalue weighted by atomic mass is 16.3. The molecule has 0 atom stereocenters. The molecular formula is C28H16O2. The minimum absolute atomic E-state index is 0.281. The van der Waals surface area contributed by atoms with Gasteiger partial charge in [0.2, 0.25) is 0 Å². The van der Waals surface area contributed by atoms with Crippen molar-refractivity contribution in [3.63, 3.8) is 0 Å². The topological polar surface area (TPSA) is 33.4 Å². The van der Waals surface area contributed by atoms with Gasteiger partial charge in [0.1, 0.15) is 16.9 Å². The molecule has 0 radical (unpaired) electrons. The Morgan fingerprint density at radius 1 is 0.467 bits per heavy atom. The molecule has 0 aliphatic heterocycles. The SMILES string of the molecule is Oc1ccc2c(c1)c1ccccc1c1cc3c(cc21)oc1ccc2ccccc2c13. The van der Waals surface area contributed by atoms with Crippen molar-refractivity contribution in [1.82, 2.24) is 0 Å². The van der Waals surface area contributed by atoms with Gasteiger partial charge >= 0.3 is 0 Å². The summed E-state index contributed by atoms with van der Waals surface area (Å²) in [7, 11) is 0. The summed E-state index contributed by atoms with van der Waals surface area (Å²) in [6.45, 7) is 0. The molecular weight excluding hydrogens is 368 g/mol. The lowest BCUT2D eigenvalue weighted by Gasteiger charge is -2.11. The maximum atomic E-state index is 10.1. The van der Waals surface area contributed by atoms with E-state index in [0.717, 1.165) is 38.1 Å². The van der Waals surface area contributed by atoms with Gasteiger partial charge in [0.25, 0.3) is 0 Å². The second kappa shape index (κ2) is 5.52. The Hall–Kier alpha value is -4.04. The normalized spacial score (nSPS) is 12.1. The smallest absolute Gasteiger partial charge is 0.136 e. The van der Waals surface area contributed by atoms with Crippen LogP contribution in [0, 0.1) is 0 Å². The lowest BCUT2D eigenvalue weighted by molar-refractivity contribution is 0.476. The van der Waals surface area contributed by atoms with Gasteiger partial charge < -0.3 is 9.52 Å². The third-order valence-electron chi connectivity index (χ3n) is 6.30. The molecule has 0 amide bonds. The molecule has 0 saturated carbocycles. The third-order valence-corrected chi connectivity index (χ3v) is 6.30. The van der Waals surface area contributed by atoms with Crippen LogP contribution >= 0.6 is 0 Å². The number of furan rings is 1. The summed E-state index contributed by atoms with van der Waals surface area (Å²) < 4.78 is 6.30. The quantitative estimate of drug-likeness (QED) is 0.270. The van der Waals surface area contributed by atoms with Crippen molar-refractivity contribution in [3.8, 4) is 5.75 Å². The van der Waals surface area contributed by atoms with Crippen LogP contribution in [0.4, 0.5) is 0 Å². The van der Waals surface area contributed by atoms with E-state index in [4.69, 9.17) is 4.42 Å². The zero-order valence-corrected chi connectivity index (χ0v) is 16.0. The number of phenols is 1. The second-order valence-corrected chi connectivity index (χ2v) is 7.93. The fourth-order valence-corrected chi connectivity index (χ4v) is 4.98. The van der Waals surface area contributed by atoms with Crippen molar-refractivity contribution >= 4 is 65.0 Å². The monoisotopic (exact) mass is 384 g/mol. The summed E-state index contributed by atoms with van der Waals surface area (Å²) >= 11 is 0. The molecule has 0 aliphatic carbocycles. The first kappa shape index (κ1) is 15.8. The van der Waals surface area contributed by atoms with Crippen LogP contribution in [0.15, 0.2) is 95.4 Å². The van der Waals surface area contributed by atoms with Crippen LogP contribution < -0.4 is 0 Å². The van der Waals surface area contributed by atoms with Gasteiger partial charge in [-0.15, -0.1) is 0 Å². The van der Waals surface area contributed by atoms with Crippen molar-refractivity contribution in [2.24, 2.45) is 0 Å². The molecule has 0 saturated heterocycles. The molecule has 30 heavy (non-hydrogen) atoms. The van der Waals surface area contributed by atoms with Gasteiger partial charge in [0, 0.05) is 10.8 Å². The number of hydrogen-bond donors (Lipinski definition) is 1. The number of hydrogen-bond acceptors (Lipinski definition) is 2. The molecule has 6 aromatic carbocycles. The summed E-state index contributed by atoms with van der Waals surface area (Å²) in [6.07, 6.45) is 0. The van der Waals surface area contributed by atoms with Crippen LogP contribution in [0.5, 0.6) is 5.75 Å². The van der Waals surface area contributed by atoms with Crippen LogP contribution in [-0.4, -0.2) is 5.11 Å². The predicted molar refractivity (Wildman–Crippen MR) is 125 cm³/mol. The first-order valence-electron chi connectivity index (χ1n) is 10.1. The summed E-state index contributed by atoms with van der Waals surface area (Å²) in [4.78, 5) is 0. The maximum Gasteiger partial charge on any atom is 0.136 e. The minimum atomic E-state index is 0.281. The minimum Gasteiger partial charge on any atom is -0.508 e. The lowest BCUT2D eigenvalue weighted by Crippen LogP contribution is -1.83. The zero-order valence-electron chi connectivity index (χ0n) is 16.0. The largest absolute Gasteiger partial charge is 0.508 e. The molecule has 0 fully saturated rings. The van der Waals surface area contributed by atoms with Gasteiger partial charge in [0.15, 0.2) is 0 Å². The molecule has 1 N–H and O–H groups in total. The summed E-state index contributed by atoms with van der Waals surface area (Å²) in [5.41, 5.74) is 1.80. The van der Waals surface area contributed by atoms with E-state index in [1.54, 1.807) is 6.07 Å². The maximum absolute atomic E-state index is 10.1. The van der Waals surface area contributed by atoms with E-state index in [2.05, 4.69) is 72.8 Å². The first-order valence-corrected chi connectivity index (χ1v) is 10.1. The molecule has 2 nitrogen and oxygen atoms in total. The number of rotatable bonds is 0. The van der Waals surface area contributed by atoms with Crippen molar-refractivity contribution in [2.45, 2.75) is 0 Å². The average Bonchev–Trinajstić information content (AvgIpc) is 3.16. The Labute approximate surface area is 171 Å². The van der Waals surface area contributed by atoms with Crippen molar-refractivity contribution in [3.05, 3.63) is 91.0 Å². The molecule has 140 valence electrons. The zero-order chi connectivity index (χ0) is 19.8. The van der Waals surface area contributed by atoms with Crippen LogP contribution in [-0.2, 0) is 0 Å². The predicted octanol–water partition coefficient (Wildman–Crippen LogP) is 7.90. The van der Waals surface area contributed by atoms with Crippen LogP contribution in [0.2, 0.25) is 0 Å². The van der Waals surface area contributed by atoms with Crippen LogP contribution in [0.1, 0.15) is 0 Å². The van der Waals surface area contributed by atoms with Gasteiger partial charge in [0.05, 0.1) is 0 Å².